The standard InChI is InChI=1S/C23H41N3O7Si2/c1-13(2)34(14(3)4)30-12-18-21(32-35(33-34,15(5)6)16(7)8)20(28)22(31-18)26-11-10-19(24-17(9)27)25-23(26)29/h10-11,13-16,18,20-22,28H,12H2,1-9H3,(H,24,25,27,29)/t18-,20?,21+,22-/m1/s1. The van der Waals surface area contributed by atoms with Crippen molar-refractivity contribution in [1.82, 2.24) is 9.55 Å². The maximum atomic E-state index is 12.7. The second-order valence-corrected chi connectivity index (χ2v) is 19.6. The summed E-state index contributed by atoms with van der Waals surface area (Å²) in [6, 6.07) is 1.50. The molecular weight excluding hydrogens is 486 g/mol. The molecule has 0 saturated carbocycles. The lowest BCUT2D eigenvalue weighted by molar-refractivity contribution is -0.114. The molecule has 2 N–H and O–H groups in total. The van der Waals surface area contributed by atoms with Crippen LogP contribution in [0.1, 0.15) is 68.5 Å². The van der Waals surface area contributed by atoms with Gasteiger partial charge in [0.1, 0.15) is 24.1 Å². The minimum atomic E-state index is -2.93. The van der Waals surface area contributed by atoms with Crippen LogP contribution in [-0.2, 0) is 22.5 Å². The van der Waals surface area contributed by atoms with E-state index in [-0.39, 0.29) is 40.5 Å². The van der Waals surface area contributed by atoms with Gasteiger partial charge < -0.3 is 28.1 Å². The van der Waals surface area contributed by atoms with E-state index in [1.807, 2.05) is 0 Å². The van der Waals surface area contributed by atoms with Gasteiger partial charge in [0.25, 0.3) is 0 Å². The van der Waals surface area contributed by atoms with Crippen molar-refractivity contribution in [2.75, 3.05) is 11.9 Å². The van der Waals surface area contributed by atoms with Crippen molar-refractivity contribution in [1.29, 1.82) is 0 Å². The minimum absolute atomic E-state index is 0.0989. The van der Waals surface area contributed by atoms with Crippen molar-refractivity contribution >= 4 is 28.8 Å². The molecule has 35 heavy (non-hydrogen) atoms. The number of aromatic nitrogens is 2. The van der Waals surface area contributed by atoms with Crippen molar-refractivity contribution < 1.29 is 27.6 Å². The van der Waals surface area contributed by atoms with Gasteiger partial charge in [0.15, 0.2) is 6.23 Å². The van der Waals surface area contributed by atoms with Crippen LogP contribution in [0.25, 0.3) is 0 Å². The van der Waals surface area contributed by atoms with Gasteiger partial charge >= 0.3 is 22.8 Å². The monoisotopic (exact) mass is 527 g/mol. The van der Waals surface area contributed by atoms with E-state index < -0.39 is 47.4 Å². The maximum Gasteiger partial charge on any atom is 0.351 e. The molecule has 3 rings (SSSR count). The normalized spacial score (nSPS) is 28.3. The average Bonchev–Trinajstić information content (AvgIpc) is 3.01. The molecule has 1 unspecified atom stereocenters. The topological polar surface area (TPSA) is 121 Å². The molecule has 12 heteroatoms. The minimum Gasteiger partial charge on any atom is -0.414 e. The summed E-state index contributed by atoms with van der Waals surface area (Å²) >= 11 is 0. The SMILES string of the molecule is CC(=O)Nc1ccn([C@@H]2O[C@@H]3CO[Si](C(C)C)(C(C)C)O[Si](C(C)C)(C(C)C)O[C@@H]3C2O)c(=O)n1. The highest BCUT2D eigenvalue weighted by atomic mass is 28.5. The number of anilines is 1. The Labute approximate surface area is 209 Å². The molecule has 0 radical (unpaired) electrons. The Morgan fingerprint density at radius 3 is 2.14 bits per heavy atom. The highest BCUT2D eigenvalue weighted by molar-refractivity contribution is 6.83. The Morgan fingerprint density at radius 1 is 1.09 bits per heavy atom. The lowest BCUT2D eigenvalue weighted by Gasteiger charge is -2.51. The van der Waals surface area contributed by atoms with Crippen LogP contribution in [0.4, 0.5) is 5.82 Å². The molecule has 0 spiro atoms. The van der Waals surface area contributed by atoms with Crippen molar-refractivity contribution in [3.8, 4) is 0 Å². The molecule has 10 nitrogen and oxygen atoms in total. The zero-order chi connectivity index (χ0) is 26.3. The predicted molar refractivity (Wildman–Crippen MR) is 137 cm³/mol. The second-order valence-electron chi connectivity index (χ2n) is 10.8. The van der Waals surface area contributed by atoms with E-state index in [1.165, 1.54) is 23.8 Å². The van der Waals surface area contributed by atoms with Gasteiger partial charge in [-0.15, -0.1) is 0 Å². The summed E-state index contributed by atoms with van der Waals surface area (Å²) in [5.74, 6) is -0.191. The van der Waals surface area contributed by atoms with Crippen LogP contribution < -0.4 is 11.0 Å². The Bertz CT molecular complexity index is 953. The van der Waals surface area contributed by atoms with Crippen molar-refractivity contribution in [2.24, 2.45) is 0 Å². The third kappa shape index (κ3) is 5.20. The lowest BCUT2D eigenvalue weighted by Crippen LogP contribution is -2.65. The van der Waals surface area contributed by atoms with Gasteiger partial charge in [-0.2, -0.15) is 4.98 Å². The lowest BCUT2D eigenvalue weighted by atomic mass is 10.1. The predicted octanol–water partition coefficient (Wildman–Crippen LogP) is 3.42. The van der Waals surface area contributed by atoms with Crippen LogP contribution in [0.15, 0.2) is 17.1 Å². The van der Waals surface area contributed by atoms with Gasteiger partial charge in [-0.3, -0.25) is 9.36 Å². The van der Waals surface area contributed by atoms with Crippen molar-refractivity contribution in [3.63, 3.8) is 0 Å². The van der Waals surface area contributed by atoms with Gasteiger partial charge in [-0.05, 0) is 28.2 Å². The molecule has 4 atom stereocenters. The van der Waals surface area contributed by atoms with E-state index in [0.717, 1.165) is 0 Å². The summed E-state index contributed by atoms with van der Waals surface area (Å²) in [5.41, 5.74) is -0.0794. The van der Waals surface area contributed by atoms with Crippen LogP contribution in [0.3, 0.4) is 0 Å². The highest BCUT2D eigenvalue weighted by Crippen LogP contribution is 2.48. The summed E-state index contributed by atoms with van der Waals surface area (Å²) in [6.07, 6.45) is -1.96. The first-order valence-corrected chi connectivity index (χ1v) is 16.4. The summed E-state index contributed by atoms with van der Waals surface area (Å²) in [6.45, 7) is 18.5. The quantitative estimate of drug-likeness (QED) is 0.540. The first-order valence-electron chi connectivity index (χ1n) is 12.5. The Balaban J connectivity index is 2.03. The number of nitrogens with zero attached hydrogens (tertiary/aromatic N) is 2. The zero-order valence-corrected chi connectivity index (χ0v) is 24.3. The summed E-state index contributed by atoms with van der Waals surface area (Å²) in [5, 5.41) is 13.8. The van der Waals surface area contributed by atoms with E-state index in [1.54, 1.807) is 0 Å². The van der Waals surface area contributed by atoms with Gasteiger partial charge in [-0.25, -0.2) is 4.79 Å². The molecule has 0 bridgehead atoms. The average molecular weight is 528 g/mol. The van der Waals surface area contributed by atoms with Gasteiger partial charge in [0.05, 0.1) is 6.61 Å². The Hall–Kier alpha value is -1.42. The van der Waals surface area contributed by atoms with E-state index in [0.29, 0.717) is 0 Å². The molecule has 2 aliphatic heterocycles. The van der Waals surface area contributed by atoms with E-state index in [2.05, 4.69) is 65.7 Å². The molecule has 2 saturated heterocycles. The van der Waals surface area contributed by atoms with Crippen LogP contribution in [-0.4, -0.2) is 62.6 Å². The molecule has 198 valence electrons. The molecular formula is C23H41N3O7Si2. The number of amides is 1. The first kappa shape index (κ1) is 28.2. The second kappa shape index (κ2) is 10.5. The molecule has 2 fully saturated rings. The van der Waals surface area contributed by atoms with Gasteiger partial charge in [0.2, 0.25) is 5.91 Å². The third-order valence-electron chi connectivity index (χ3n) is 7.05. The molecule has 2 aliphatic rings. The molecule has 1 amide bonds. The van der Waals surface area contributed by atoms with Crippen molar-refractivity contribution in [3.05, 3.63) is 22.7 Å². The smallest absolute Gasteiger partial charge is 0.351 e. The number of hydrogen-bond donors (Lipinski definition) is 2. The van der Waals surface area contributed by atoms with Gasteiger partial charge in [-0.1, -0.05) is 55.4 Å². The number of carbonyl (C=O) groups is 1. The largest absolute Gasteiger partial charge is 0.414 e. The van der Waals surface area contributed by atoms with Crippen LogP contribution in [0.5, 0.6) is 0 Å². The fourth-order valence-electron chi connectivity index (χ4n) is 5.22. The van der Waals surface area contributed by atoms with Crippen LogP contribution in [0, 0.1) is 0 Å². The Kier molecular flexibility index (Phi) is 8.46. The number of fused-ring (bicyclic) bond motifs is 1. The maximum absolute atomic E-state index is 12.7. The highest BCUT2D eigenvalue weighted by Gasteiger charge is 2.61. The van der Waals surface area contributed by atoms with E-state index in [4.69, 9.17) is 17.7 Å². The van der Waals surface area contributed by atoms with Crippen LogP contribution in [0.2, 0.25) is 22.2 Å². The molecule has 0 aromatic carbocycles. The molecule has 0 aliphatic carbocycles. The number of carbonyl (C=O) groups excluding carboxylic acids is 1. The number of rotatable bonds is 6. The van der Waals surface area contributed by atoms with E-state index >= 15 is 0 Å². The number of nitrogens with one attached hydrogen (secondary N) is 1. The van der Waals surface area contributed by atoms with Gasteiger partial charge in [0, 0.05) is 13.1 Å². The molecule has 1 aromatic heterocycles. The number of hydrogen-bond acceptors (Lipinski definition) is 8. The number of aliphatic hydroxyl groups excluding tert-OH is 1. The fourth-order valence-corrected chi connectivity index (χ4v) is 16.4. The Morgan fingerprint density at radius 2 is 1.66 bits per heavy atom. The van der Waals surface area contributed by atoms with E-state index in [9.17, 15) is 14.7 Å². The zero-order valence-electron chi connectivity index (χ0n) is 22.3. The number of aliphatic hydroxyl groups is 1. The molecule has 3 heterocycles. The summed E-state index contributed by atoms with van der Waals surface area (Å²) < 4.78 is 28.1. The fraction of sp³-hybridized carbons (Fsp3) is 0.783. The molecule has 1 aromatic rings. The third-order valence-corrected chi connectivity index (χ3v) is 17.3. The number of ether oxygens (including phenoxy) is 1. The van der Waals surface area contributed by atoms with Crippen molar-refractivity contribution in [2.45, 2.75) is 109 Å². The first-order chi connectivity index (χ1) is 16.2. The van der Waals surface area contributed by atoms with Crippen LogP contribution >= 0.6 is 0 Å². The summed E-state index contributed by atoms with van der Waals surface area (Å²) in [7, 11) is -5.68. The summed E-state index contributed by atoms with van der Waals surface area (Å²) in [4.78, 5) is 28.0.